The van der Waals surface area contributed by atoms with E-state index in [1.54, 1.807) is 7.11 Å². The molecule has 7 nitrogen and oxygen atoms in total. The summed E-state index contributed by atoms with van der Waals surface area (Å²) < 4.78 is 16.1. The molecule has 3 aromatic rings. The van der Waals surface area contributed by atoms with Crippen molar-refractivity contribution in [1.82, 2.24) is 9.97 Å². The van der Waals surface area contributed by atoms with E-state index in [2.05, 4.69) is 15.3 Å². The third kappa shape index (κ3) is 4.04. The van der Waals surface area contributed by atoms with Gasteiger partial charge in [-0.3, -0.25) is 0 Å². The fraction of sp³-hybridized carbons (Fsp3) is 0.286. The molecule has 28 heavy (non-hydrogen) atoms. The number of hydrogen-bond donors (Lipinski definition) is 1. The van der Waals surface area contributed by atoms with E-state index in [1.807, 2.05) is 48.5 Å². The molecule has 1 N–H and O–H groups in total. The second-order valence-corrected chi connectivity index (χ2v) is 6.50. The maximum atomic E-state index is 12.7. The zero-order chi connectivity index (χ0) is 19.3. The molecule has 1 aliphatic rings. The van der Waals surface area contributed by atoms with E-state index in [4.69, 9.17) is 14.2 Å². The van der Waals surface area contributed by atoms with E-state index in [-0.39, 0.29) is 18.4 Å². The normalized spacial score (nSPS) is 16.1. The topological polar surface area (TPSA) is 82.6 Å². The van der Waals surface area contributed by atoms with Gasteiger partial charge in [-0.05, 0) is 49.2 Å². The molecule has 0 radical (unpaired) electrons. The lowest BCUT2D eigenvalue weighted by molar-refractivity contribution is 0.0157. The van der Waals surface area contributed by atoms with Gasteiger partial charge in [0.1, 0.15) is 12.4 Å². The molecule has 1 fully saturated rings. The number of hydrogen-bond acceptors (Lipinski definition) is 7. The fourth-order valence-corrected chi connectivity index (χ4v) is 3.05. The van der Waals surface area contributed by atoms with Gasteiger partial charge in [-0.15, -0.1) is 0 Å². The van der Waals surface area contributed by atoms with Gasteiger partial charge in [0, 0.05) is 12.3 Å². The van der Waals surface area contributed by atoms with Crippen molar-refractivity contribution in [2.75, 3.05) is 25.6 Å². The number of carbonyl (C=O) groups excluding carboxylic acids is 1. The third-order valence-corrected chi connectivity index (χ3v) is 4.54. The first-order chi connectivity index (χ1) is 13.7. The quantitative estimate of drug-likeness (QED) is 0.654. The van der Waals surface area contributed by atoms with Gasteiger partial charge in [0.05, 0.1) is 24.2 Å². The number of rotatable bonds is 6. The number of nitrogens with zero attached hydrogens (tertiary/aromatic N) is 2. The highest BCUT2D eigenvalue weighted by Gasteiger charge is 2.22. The second kappa shape index (κ2) is 8.22. The fourth-order valence-electron chi connectivity index (χ4n) is 3.05. The molecule has 1 atom stereocenters. The van der Waals surface area contributed by atoms with E-state index in [0.29, 0.717) is 23.5 Å². The van der Waals surface area contributed by atoms with Crippen LogP contribution in [0.3, 0.4) is 0 Å². The van der Waals surface area contributed by atoms with Crippen molar-refractivity contribution in [2.24, 2.45) is 0 Å². The molecular formula is C21H21N3O4. The minimum absolute atomic E-state index is 0.0460. The Morgan fingerprint density at radius 3 is 2.57 bits per heavy atom. The summed E-state index contributed by atoms with van der Waals surface area (Å²) in [7, 11) is 1.61. The molecule has 0 aliphatic carbocycles. The summed E-state index contributed by atoms with van der Waals surface area (Å²) >= 11 is 0. The molecular weight excluding hydrogens is 358 g/mol. The van der Waals surface area contributed by atoms with Crippen LogP contribution in [0.5, 0.6) is 5.75 Å². The van der Waals surface area contributed by atoms with Gasteiger partial charge < -0.3 is 19.5 Å². The van der Waals surface area contributed by atoms with Gasteiger partial charge in [-0.1, -0.05) is 12.1 Å². The van der Waals surface area contributed by atoms with E-state index < -0.39 is 5.97 Å². The number of esters is 1. The van der Waals surface area contributed by atoms with Gasteiger partial charge in [0.25, 0.3) is 0 Å². The van der Waals surface area contributed by atoms with Crippen molar-refractivity contribution >= 4 is 28.5 Å². The van der Waals surface area contributed by atoms with Crippen LogP contribution in [0.15, 0.2) is 48.5 Å². The lowest BCUT2D eigenvalue weighted by Crippen LogP contribution is -2.19. The van der Waals surface area contributed by atoms with Crippen LogP contribution in [0.25, 0.3) is 11.0 Å². The molecule has 1 saturated heterocycles. The smallest absolute Gasteiger partial charge is 0.360 e. The highest BCUT2D eigenvalue weighted by Crippen LogP contribution is 2.24. The van der Waals surface area contributed by atoms with E-state index >= 15 is 0 Å². The summed E-state index contributed by atoms with van der Waals surface area (Å²) in [5.74, 6) is 0.567. The van der Waals surface area contributed by atoms with E-state index in [0.717, 1.165) is 24.3 Å². The van der Waals surface area contributed by atoms with Gasteiger partial charge in [0.15, 0.2) is 11.5 Å². The van der Waals surface area contributed by atoms with Gasteiger partial charge in [0.2, 0.25) is 0 Å². The minimum Gasteiger partial charge on any atom is -0.497 e. The minimum atomic E-state index is -0.523. The number of aromatic nitrogens is 2. The highest BCUT2D eigenvalue weighted by atomic mass is 16.6. The SMILES string of the molecule is COc1ccc(Nc2nc3ccccc3nc2C(=O)OC[C@@H]2CCCO2)cc1. The average molecular weight is 379 g/mol. The lowest BCUT2D eigenvalue weighted by atomic mass is 10.2. The first-order valence-electron chi connectivity index (χ1n) is 9.19. The van der Waals surface area contributed by atoms with Crippen LogP contribution in [-0.4, -0.2) is 42.4 Å². The first kappa shape index (κ1) is 18.2. The van der Waals surface area contributed by atoms with Crippen molar-refractivity contribution in [3.63, 3.8) is 0 Å². The van der Waals surface area contributed by atoms with Crippen molar-refractivity contribution in [2.45, 2.75) is 18.9 Å². The van der Waals surface area contributed by atoms with Crippen LogP contribution in [0, 0.1) is 0 Å². The van der Waals surface area contributed by atoms with Crippen LogP contribution in [0.2, 0.25) is 0 Å². The Morgan fingerprint density at radius 2 is 1.89 bits per heavy atom. The predicted molar refractivity (Wildman–Crippen MR) is 105 cm³/mol. The van der Waals surface area contributed by atoms with Crippen molar-refractivity contribution in [3.8, 4) is 5.75 Å². The summed E-state index contributed by atoms with van der Waals surface area (Å²) in [6.07, 6.45) is 1.84. The maximum absolute atomic E-state index is 12.7. The molecule has 0 bridgehead atoms. The molecule has 1 aromatic heterocycles. The predicted octanol–water partition coefficient (Wildman–Crippen LogP) is 3.72. The number of anilines is 2. The zero-order valence-electron chi connectivity index (χ0n) is 15.6. The molecule has 2 heterocycles. The zero-order valence-corrected chi connectivity index (χ0v) is 15.6. The number of benzene rings is 2. The Kier molecular flexibility index (Phi) is 5.34. The second-order valence-electron chi connectivity index (χ2n) is 6.50. The summed E-state index contributed by atoms with van der Waals surface area (Å²) in [6.45, 7) is 0.928. The number of para-hydroxylation sites is 2. The number of ether oxygens (including phenoxy) is 3. The first-order valence-corrected chi connectivity index (χ1v) is 9.19. The van der Waals surface area contributed by atoms with Crippen molar-refractivity contribution in [1.29, 1.82) is 0 Å². The van der Waals surface area contributed by atoms with Gasteiger partial charge in [-0.25, -0.2) is 14.8 Å². The van der Waals surface area contributed by atoms with Crippen molar-refractivity contribution < 1.29 is 19.0 Å². The lowest BCUT2D eigenvalue weighted by Gasteiger charge is -2.13. The van der Waals surface area contributed by atoms with Crippen LogP contribution < -0.4 is 10.1 Å². The number of carbonyl (C=O) groups is 1. The molecule has 0 spiro atoms. The Labute approximate surface area is 162 Å². The third-order valence-electron chi connectivity index (χ3n) is 4.54. The number of nitrogens with one attached hydrogen (secondary N) is 1. The standard InChI is InChI=1S/C21H21N3O4/c1-26-15-10-8-14(9-11-15)22-20-19(21(25)28-13-16-5-4-12-27-16)23-17-6-2-3-7-18(17)24-20/h2-3,6-11,16H,4-5,12-13H2,1H3,(H,22,24)/t16-/m0/s1. The monoisotopic (exact) mass is 379 g/mol. The molecule has 2 aromatic carbocycles. The summed E-state index contributed by atoms with van der Waals surface area (Å²) in [6, 6.07) is 14.7. The highest BCUT2D eigenvalue weighted by molar-refractivity contribution is 5.96. The molecule has 144 valence electrons. The maximum Gasteiger partial charge on any atom is 0.360 e. The van der Waals surface area contributed by atoms with Crippen LogP contribution in [-0.2, 0) is 9.47 Å². The molecule has 0 amide bonds. The van der Waals surface area contributed by atoms with Crippen molar-refractivity contribution in [3.05, 3.63) is 54.2 Å². The Morgan fingerprint density at radius 1 is 1.14 bits per heavy atom. The largest absolute Gasteiger partial charge is 0.497 e. The molecule has 0 saturated carbocycles. The summed E-state index contributed by atoms with van der Waals surface area (Å²) in [5.41, 5.74) is 2.23. The summed E-state index contributed by atoms with van der Waals surface area (Å²) in [5, 5.41) is 3.16. The summed E-state index contributed by atoms with van der Waals surface area (Å²) in [4.78, 5) is 21.8. The van der Waals surface area contributed by atoms with Gasteiger partial charge in [-0.2, -0.15) is 0 Å². The Bertz CT molecular complexity index is 969. The Balaban J connectivity index is 1.62. The van der Waals surface area contributed by atoms with Crippen LogP contribution >= 0.6 is 0 Å². The molecule has 4 rings (SSSR count). The molecule has 0 unspecified atom stereocenters. The number of methoxy groups -OCH3 is 1. The van der Waals surface area contributed by atoms with Gasteiger partial charge >= 0.3 is 5.97 Å². The van der Waals surface area contributed by atoms with Crippen LogP contribution in [0.4, 0.5) is 11.5 Å². The average Bonchev–Trinajstić information content (AvgIpc) is 3.26. The Hall–Kier alpha value is -3.19. The molecule has 7 heteroatoms. The molecule has 1 aliphatic heterocycles. The van der Waals surface area contributed by atoms with Crippen LogP contribution in [0.1, 0.15) is 23.3 Å². The number of fused-ring (bicyclic) bond motifs is 1. The van der Waals surface area contributed by atoms with E-state index in [9.17, 15) is 4.79 Å². The van der Waals surface area contributed by atoms with E-state index in [1.165, 1.54) is 0 Å².